The van der Waals surface area contributed by atoms with Gasteiger partial charge in [-0.05, 0) is 0 Å². The van der Waals surface area contributed by atoms with Crippen molar-refractivity contribution in [1.29, 1.82) is 0 Å². The van der Waals surface area contributed by atoms with Gasteiger partial charge in [0.05, 0.1) is 0 Å². The van der Waals surface area contributed by atoms with E-state index in [1.54, 1.807) is 0 Å². The van der Waals surface area contributed by atoms with Gasteiger partial charge in [0, 0.05) is 16.8 Å². The van der Waals surface area contributed by atoms with Crippen molar-refractivity contribution >= 4 is 0 Å². The van der Waals surface area contributed by atoms with Crippen LogP contribution in [0.3, 0.4) is 0 Å². The summed E-state index contributed by atoms with van der Waals surface area (Å²) in [6.07, 6.45) is 0. The fourth-order valence-electron chi connectivity index (χ4n) is 0. The Morgan fingerprint density at radius 2 is 1.00 bits per heavy atom. The Morgan fingerprint density at radius 1 is 1.00 bits per heavy atom. The van der Waals surface area contributed by atoms with E-state index in [1.165, 1.54) is 0 Å². The molecule has 2 radical (unpaired) electrons. The molecule has 0 aromatic rings. The van der Waals surface area contributed by atoms with Crippen LogP contribution in [0.25, 0.3) is 0 Å². The van der Waals surface area contributed by atoms with Crippen LogP contribution in [-0.2, 0) is 39.0 Å². The van der Waals surface area contributed by atoms with Gasteiger partial charge in [0.25, 0.3) is 0 Å². The van der Waals surface area contributed by atoms with E-state index in [0.29, 0.717) is 0 Å². The normalized spacial score (nSPS) is 0. The molecule has 4 heavy (non-hydrogen) atoms. The van der Waals surface area contributed by atoms with Gasteiger partial charge in [0.2, 0.25) is 0 Å². The maximum absolute atomic E-state index is 0. The van der Waals surface area contributed by atoms with Crippen molar-refractivity contribution in [3.63, 3.8) is 0 Å². The topological polar surface area (TPSA) is 60.0 Å². The molecule has 4 heteroatoms. The molecule has 0 bridgehead atoms. The molecule has 0 amide bonds. The molecular weight excluding hydrogens is 150 g/mol. The molecule has 0 saturated heterocycles. The summed E-state index contributed by atoms with van der Waals surface area (Å²) >= 11 is 0. The van der Waals surface area contributed by atoms with E-state index < -0.39 is 0 Å². The molecule has 0 spiro atoms. The molecule has 0 saturated carbocycles. The van der Waals surface area contributed by atoms with Crippen LogP contribution in [0.4, 0.5) is 0 Å². The number of rotatable bonds is 0. The maximum Gasteiger partial charge on any atom is 2.00 e. The zero-order valence-electron chi connectivity index (χ0n) is 1.57. The molecule has 0 aliphatic heterocycles. The zero-order valence-corrected chi connectivity index (χ0v) is 3.66. The van der Waals surface area contributed by atoms with Gasteiger partial charge in [0.1, 0.15) is 0 Å². The Hall–Kier alpha value is 0.933. The van der Waals surface area contributed by atoms with Crippen molar-refractivity contribution < 1.29 is 44.5 Å². The van der Waals surface area contributed by atoms with E-state index in [0.717, 1.165) is 0 Å². The van der Waals surface area contributed by atoms with Crippen molar-refractivity contribution in [3.05, 3.63) is 0 Å². The largest absolute Gasteiger partial charge is 2.00 e. The molecule has 0 aromatic carbocycles. The summed E-state index contributed by atoms with van der Waals surface area (Å²) in [6.45, 7) is 0. The summed E-state index contributed by atoms with van der Waals surface area (Å²) in [6, 6.07) is 0. The molecule has 0 fully saturated rings. The number of hydrogen-bond acceptors (Lipinski definition) is 0. The first-order chi connectivity index (χ1) is 0. The second-order valence-electron chi connectivity index (χ2n) is 0. The Labute approximate surface area is 45.0 Å². The van der Waals surface area contributed by atoms with Crippen LogP contribution < -0.4 is 0 Å². The SMILES string of the molecule is O.[Co+2].[Co].[O-2]. The van der Waals surface area contributed by atoms with E-state index in [4.69, 9.17) is 0 Å². The van der Waals surface area contributed by atoms with Crippen LogP contribution in [-0.4, -0.2) is 5.48 Å². The van der Waals surface area contributed by atoms with Gasteiger partial charge in [-0.2, -0.15) is 0 Å². The Bertz CT molecular complexity index is 4.00. The first kappa shape index (κ1) is 87.7. The average Bonchev–Trinajstić information content (AvgIpc) is 0. The summed E-state index contributed by atoms with van der Waals surface area (Å²) in [5, 5.41) is 0. The van der Waals surface area contributed by atoms with Gasteiger partial charge in [-0.15, -0.1) is 0 Å². The predicted octanol–water partition coefficient (Wildman–Crippen LogP) is -0.949. The Balaban J connectivity index is 0. The minimum absolute atomic E-state index is 0. The van der Waals surface area contributed by atoms with Crippen LogP contribution in [0.2, 0.25) is 0 Å². The van der Waals surface area contributed by atoms with E-state index in [-0.39, 0.29) is 44.5 Å². The Morgan fingerprint density at radius 3 is 1.00 bits per heavy atom. The van der Waals surface area contributed by atoms with E-state index in [1.807, 2.05) is 0 Å². The maximum atomic E-state index is 0. The quantitative estimate of drug-likeness (QED) is 0.429. The third-order valence-electron chi connectivity index (χ3n) is 0. The monoisotopic (exact) mass is 152 g/mol. The minimum Gasteiger partial charge on any atom is -2.00 e. The minimum atomic E-state index is 0. The van der Waals surface area contributed by atoms with Crippen LogP contribution in [0.15, 0.2) is 0 Å². The molecule has 0 heterocycles. The summed E-state index contributed by atoms with van der Waals surface area (Å²) < 4.78 is 0. The standard InChI is InChI=1S/2Co.H2O.O/h;;1H2;/q;+2;;-2. The molecule has 2 nitrogen and oxygen atoms in total. The van der Waals surface area contributed by atoms with Crippen molar-refractivity contribution in [2.24, 2.45) is 0 Å². The zero-order chi connectivity index (χ0) is 0. The summed E-state index contributed by atoms with van der Waals surface area (Å²) in [5.74, 6) is 0. The second-order valence-corrected chi connectivity index (χ2v) is 0. The fourth-order valence-corrected chi connectivity index (χ4v) is 0. The molecule has 0 unspecified atom stereocenters. The van der Waals surface area contributed by atoms with Gasteiger partial charge in [-0.1, -0.05) is 0 Å². The molecule has 0 atom stereocenters. The van der Waals surface area contributed by atoms with E-state index in [2.05, 4.69) is 0 Å². The van der Waals surface area contributed by atoms with Crippen molar-refractivity contribution in [3.8, 4) is 0 Å². The molecule has 0 aromatic heterocycles. The van der Waals surface area contributed by atoms with Crippen molar-refractivity contribution in [2.75, 3.05) is 0 Å². The van der Waals surface area contributed by atoms with E-state index >= 15 is 0 Å². The molecule has 2 N–H and O–H groups in total. The van der Waals surface area contributed by atoms with Crippen LogP contribution in [0.1, 0.15) is 0 Å². The van der Waals surface area contributed by atoms with Gasteiger partial charge >= 0.3 is 16.8 Å². The van der Waals surface area contributed by atoms with Gasteiger partial charge in [0.15, 0.2) is 0 Å². The summed E-state index contributed by atoms with van der Waals surface area (Å²) in [7, 11) is 0. The van der Waals surface area contributed by atoms with Gasteiger partial charge in [-0.3, -0.25) is 0 Å². The van der Waals surface area contributed by atoms with Gasteiger partial charge < -0.3 is 11.0 Å². The van der Waals surface area contributed by atoms with Crippen LogP contribution in [0.5, 0.6) is 0 Å². The molecule has 0 aliphatic carbocycles. The summed E-state index contributed by atoms with van der Waals surface area (Å²) in [5.41, 5.74) is 0. The third kappa shape index (κ3) is 12.6. The predicted molar refractivity (Wildman–Crippen MR) is 4.30 cm³/mol. The molecular formula is H2Co2O2. The van der Waals surface area contributed by atoms with Crippen molar-refractivity contribution in [1.82, 2.24) is 0 Å². The van der Waals surface area contributed by atoms with Crippen molar-refractivity contribution in [2.45, 2.75) is 0 Å². The second kappa shape index (κ2) is 38.9. The molecule has 32 valence electrons. The number of hydrogen-bond donors (Lipinski definition) is 0. The van der Waals surface area contributed by atoms with Crippen LogP contribution in [0, 0.1) is 0 Å². The summed E-state index contributed by atoms with van der Waals surface area (Å²) in [4.78, 5) is 0. The molecule has 0 rings (SSSR count). The fraction of sp³-hybridized carbons (Fsp3) is 0. The Kier molecular flexibility index (Phi) is 852. The third-order valence-corrected chi connectivity index (χ3v) is 0. The average molecular weight is 152 g/mol. The van der Waals surface area contributed by atoms with E-state index in [9.17, 15) is 0 Å². The van der Waals surface area contributed by atoms with Crippen LogP contribution >= 0.6 is 0 Å². The first-order valence-corrected chi connectivity index (χ1v) is 0. The smallest absolute Gasteiger partial charge is 2.00 e. The van der Waals surface area contributed by atoms with Gasteiger partial charge in [-0.25, -0.2) is 0 Å². The first-order valence-electron chi connectivity index (χ1n) is 0. The molecule has 0 aliphatic rings.